The van der Waals surface area contributed by atoms with Crippen LogP contribution in [0.1, 0.15) is 49.8 Å². The Labute approximate surface area is 201 Å². The molecule has 2 aromatic carbocycles. The molecule has 1 N–H and O–H groups in total. The molecule has 1 aliphatic rings. The van der Waals surface area contributed by atoms with E-state index in [2.05, 4.69) is 6.92 Å². The van der Waals surface area contributed by atoms with Gasteiger partial charge in [0.05, 0.1) is 24.0 Å². The fourth-order valence-electron chi connectivity index (χ4n) is 4.31. The van der Waals surface area contributed by atoms with Gasteiger partial charge in [-0.15, -0.1) is 0 Å². The molecule has 180 valence electrons. The molecule has 33 heavy (non-hydrogen) atoms. The highest BCUT2D eigenvalue weighted by atomic mass is 32.2. The summed E-state index contributed by atoms with van der Waals surface area (Å²) in [6.07, 6.45) is 3.69. The van der Waals surface area contributed by atoms with E-state index in [4.69, 9.17) is 4.74 Å². The summed E-state index contributed by atoms with van der Waals surface area (Å²) in [5.41, 5.74) is 1.49. The number of aliphatic carboxylic acids is 1. The number of carboxylic acids is 1. The van der Waals surface area contributed by atoms with Gasteiger partial charge in [-0.05, 0) is 54.8 Å². The number of thioether (sulfide) groups is 1. The first-order valence-electron chi connectivity index (χ1n) is 11.4. The predicted octanol–water partition coefficient (Wildman–Crippen LogP) is 5.13. The molecule has 0 aliphatic carbocycles. The van der Waals surface area contributed by atoms with Crippen LogP contribution in [0.5, 0.6) is 5.75 Å². The van der Waals surface area contributed by atoms with E-state index in [-0.39, 0.29) is 16.7 Å². The molecule has 3 atom stereocenters. The van der Waals surface area contributed by atoms with Crippen LogP contribution in [0.15, 0.2) is 53.4 Å². The summed E-state index contributed by atoms with van der Waals surface area (Å²) in [6.45, 7) is 3.85. The number of piperidine rings is 1. The average molecular weight is 492 g/mol. The number of carboxylic acid groups (broad SMARTS) is 1. The zero-order valence-electron chi connectivity index (χ0n) is 19.4. The third-order valence-electron chi connectivity index (χ3n) is 6.21. The molecule has 3 rings (SSSR count). The summed E-state index contributed by atoms with van der Waals surface area (Å²) in [5, 5.41) is 9.84. The number of carbonyl (C=O) groups is 1. The zero-order chi connectivity index (χ0) is 24.0. The van der Waals surface area contributed by atoms with Gasteiger partial charge in [-0.2, -0.15) is 16.1 Å². The number of hydrogen-bond donors (Lipinski definition) is 1. The van der Waals surface area contributed by atoms with E-state index in [1.54, 1.807) is 50.1 Å². The Balaban J connectivity index is 2.00. The molecular formula is C25H33NO5S2. The standard InChI is InChI=1S/C25H33NO5S2/c1-4-5-8-15-32-23-16-22(19-11-13-20(31-3)14-12-19)26(17-21(23)25(27)28)33(29,30)24-10-7-6-9-18(24)2/h6-7,9-14,21-23H,4-5,8,15-17H2,1-3H3,(H,27,28)/t21-,22+,23-/m1/s1. The summed E-state index contributed by atoms with van der Waals surface area (Å²) >= 11 is 1.66. The van der Waals surface area contributed by atoms with Gasteiger partial charge in [0, 0.05) is 11.8 Å². The van der Waals surface area contributed by atoms with Gasteiger partial charge in [-0.3, -0.25) is 4.79 Å². The van der Waals surface area contributed by atoms with Crippen molar-refractivity contribution >= 4 is 27.8 Å². The summed E-state index contributed by atoms with van der Waals surface area (Å²) in [7, 11) is -2.31. The van der Waals surface area contributed by atoms with Crippen LogP contribution < -0.4 is 4.74 Å². The molecule has 1 fully saturated rings. The Bertz CT molecular complexity index is 1040. The topological polar surface area (TPSA) is 83.9 Å². The molecule has 2 aromatic rings. The summed E-state index contributed by atoms with van der Waals surface area (Å²) in [6, 6.07) is 13.8. The fraction of sp³-hybridized carbons (Fsp3) is 0.480. The van der Waals surface area contributed by atoms with Gasteiger partial charge in [0.15, 0.2) is 0 Å². The van der Waals surface area contributed by atoms with Gasteiger partial charge in [0.1, 0.15) is 5.75 Å². The molecule has 0 saturated carbocycles. The molecule has 1 saturated heterocycles. The van der Waals surface area contributed by atoms with Crippen LogP contribution in [0.2, 0.25) is 0 Å². The number of unbranched alkanes of at least 4 members (excludes halogenated alkanes) is 2. The Hall–Kier alpha value is -2.03. The Kier molecular flexibility index (Phi) is 8.84. The Morgan fingerprint density at radius 3 is 2.45 bits per heavy atom. The molecule has 8 heteroatoms. The summed E-state index contributed by atoms with van der Waals surface area (Å²) < 4.78 is 34.3. The first-order valence-corrected chi connectivity index (χ1v) is 13.8. The zero-order valence-corrected chi connectivity index (χ0v) is 21.1. The highest BCUT2D eigenvalue weighted by molar-refractivity contribution is 7.99. The number of methoxy groups -OCH3 is 1. The number of rotatable bonds is 10. The van der Waals surface area contributed by atoms with E-state index in [0.29, 0.717) is 17.7 Å². The second kappa shape index (κ2) is 11.4. The third-order valence-corrected chi connectivity index (χ3v) is 9.71. The average Bonchev–Trinajstić information content (AvgIpc) is 2.81. The third kappa shape index (κ3) is 5.91. The smallest absolute Gasteiger partial charge is 0.308 e. The van der Waals surface area contributed by atoms with E-state index in [1.165, 1.54) is 4.31 Å². The van der Waals surface area contributed by atoms with Crippen LogP contribution in [0, 0.1) is 12.8 Å². The van der Waals surface area contributed by atoms with Gasteiger partial charge in [0.2, 0.25) is 10.0 Å². The lowest BCUT2D eigenvalue weighted by molar-refractivity contribution is -0.143. The van der Waals surface area contributed by atoms with Crippen molar-refractivity contribution in [3.05, 3.63) is 59.7 Å². The van der Waals surface area contributed by atoms with Crippen molar-refractivity contribution in [2.75, 3.05) is 19.4 Å². The van der Waals surface area contributed by atoms with Gasteiger partial charge in [-0.25, -0.2) is 8.42 Å². The van der Waals surface area contributed by atoms with Gasteiger partial charge < -0.3 is 9.84 Å². The van der Waals surface area contributed by atoms with Crippen molar-refractivity contribution in [1.29, 1.82) is 0 Å². The van der Waals surface area contributed by atoms with Crippen LogP contribution in [0.25, 0.3) is 0 Å². The van der Waals surface area contributed by atoms with Crippen molar-refractivity contribution in [2.45, 2.75) is 55.7 Å². The second-order valence-corrected chi connectivity index (χ2v) is 11.6. The predicted molar refractivity (Wildman–Crippen MR) is 132 cm³/mol. The number of hydrogen-bond acceptors (Lipinski definition) is 5. The lowest BCUT2D eigenvalue weighted by Crippen LogP contribution is -2.49. The van der Waals surface area contributed by atoms with Gasteiger partial charge in [-0.1, -0.05) is 50.1 Å². The monoisotopic (exact) mass is 491 g/mol. The van der Waals surface area contributed by atoms with Crippen LogP contribution in [0.3, 0.4) is 0 Å². The molecule has 0 radical (unpaired) electrons. The van der Waals surface area contributed by atoms with Crippen molar-refractivity contribution in [3.8, 4) is 5.75 Å². The minimum absolute atomic E-state index is 0.0475. The van der Waals surface area contributed by atoms with E-state index in [0.717, 1.165) is 30.6 Å². The van der Waals surface area contributed by atoms with Crippen molar-refractivity contribution in [2.24, 2.45) is 5.92 Å². The van der Waals surface area contributed by atoms with E-state index >= 15 is 0 Å². The molecule has 0 unspecified atom stereocenters. The number of sulfonamides is 1. The van der Waals surface area contributed by atoms with Crippen molar-refractivity contribution < 1.29 is 23.1 Å². The van der Waals surface area contributed by atoms with E-state index in [1.807, 2.05) is 24.3 Å². The SMILES string of the molecule is CCCCCS[C@@H]1C[C@@H](c2ccc(OC)cc2)N(S(=O)(=O)c2ccccc2C)C[C@H]1C(=O)O. The second-order valence-electron chi connectivity index (χ2n) is 8.43. The minimum atomic E-state index is -3.90. The van der Waals surface area contributed by atoms with Gasteiger partial charge >= 0.3 is 5.97 Å². The highest BCUT2D eigenvalue weighted by Crippen LogP contribution is 2.43. The molecule has 0 amide bonds. The molecule has 1 aliphatic heterocycles. The number of nitrogens with zero attached hydrogens (tertiary/aromatic N) is 1. The first-order chi connectivity index (χ1) is 15.8. The fourth-order valence-corrected chi connectivity index (χ4v) is 7.62. The number of benzene rings is 2. The first kappa shape index (κ1) is 25.6. The highest BCUT2D eigenvalue weighted by Gasteiger charge is 2.45. The maximum absolute atomic E-state index is 13.8. The lowest BCUT2D eigenvalue weighted by Gasteiger charge is -2.42. The normalized spacial score (nSPS) is 21.6. The number of ether oxygens (including phenoxy) is 1. The van der Waals surface area contributed by atoms with Crippen LogP contribution in [0.4, 0.5) is 0 Å². The maximum atomic E-state index is 13.8. The van der Waals surface area contributed by atoms with Crippen LogP contribution >= 0.6 is 11.8 Å². The molecule has 0 aromatic heterocycles. The molecule has 0 spiro atoms. The lowest BCUT2D eigenvalue weighted by atomic mass is 9.90. The van der Waals surface area contributed by atoms with E-state index in [9.17, 15) is 18.3 Å². The molecule has 1 heterocycles. The van der Waals surface area contributed by atoms with Crippen LogP contribution in [-0.2, 0) is 14.8 Å². The van der Waals surface area contributed by atoms with Crippen LogP contribution in [-0.4, -0.2) is 48.5 Å². The minimum Gasteiger partial charge on any atom is -0.497 e. The number of aryl methyl sites for hydroxylation is 1. The summed E-state index contributed by atoms with van der Waals surface area (Å²) in [5.74, 6) is -0.134. The molecular weight excluding hydrogens is 458 g/mol. The van der Waals surface area contributed by atoms with Crippen molar-refractivity contribution in [3.63, 3.8) is 0 Å². The van der Waals surface area contributed by atoms with Crippen molar-refractivity contribution in [1.82, 2.24) is 4.31 Å². The van der Waals surface area contributed by atoms with Gasteiger partial charge in [0.25, 0.3) is 0 Å². The largest absolute Gasteiger partial charge is 0.497 e. The Morgan fingerprint density at radius 2 is 1.85 bits per heavy atom. The summed E-state index contributed by atoms with van der Waals surface area (Å²) in [4.78, 5) is 12.4. The Morgan fingerprint density at radius 1 is 1.15 bits per heavy atom. The van der Waals surface area contributed by atoms with E-state index < -0.39 is 28.0 Å². The maximum Gasteiger partial charge on any atom is 0.308 e. The molecule has 0 bridgehead atoms. The molecule has 6 nitrogen and oxygen atoms in total. The quantitative estimate of drug-likeness (QED) is 0.464.